The number of thiophene rings is 1. The van der Waals surface area contributed by atoms with E-state index in [0.29, 0.717) is 22.3 Å². The summed E-state index contributed by atoms with van der Waals surface area (Å²) in [6.45, 7) is 2.17. The molecule has 0 saturated carbocycles. The Morgan fingerprint density at radius 3 is 2.71 bits per heavy atom. The molecule has 2 N–H and O–H groups in total. The van der Waals surface area contributed by atoms with Crippen molar-refractivity contribution < 1.29 is 9.53 Å². The summed E-state index contributed by atoms with van der Waals surface area (Å²) in [4.78, 5) is 13.9. The maximum atomic E-state index is 12.7. The van der Waals surface area contributed by atoms with Crippen LogP contribution in [0.25, 0.3) is 0 Å². The van der Waals surface area contributed by atoms with Crippen molar-refractivity contribution in [2.45, 2.75) is 45.4 Å². The van der Waals surface area contributed by atoms with Crippen molar-refractivity contribution in [2.75, 3.05) is 17.2 Å². The van der Waals surface area contributed by atoms with Crippen LogP contribution in [-0.2, 0) is 17.6 Å². The van der Waals surface area contributed by atoms with Gasteiger partial charge in [0.2, 0.25) is 0 Å². The molecule has 8 heteroatoms. The number of esters is 1. The zero-order valence-electron chi connectivity index (χ0n) is 15.6. The van der Waals surface area contributed by atoms with E-state index in [0.717, 1.165) is 46.4 Å². The van der Waals surface area contributed by atoms with Crippen molar-refractivity contribution in [3.63, 3.8) is 0 Å². The summed E-state index contributed by atoms with van der Waals surface area (Å²) in [6.07, 6.45) is 6.58. The van der Waals surface area contributed by atoms with Crippen molar-refractivity contribution in [2.24, 2.45) is 0 Å². The molecule has 150 valence electrons. The van der Waals surface area contributed by atoms with Gasteiger partial charge < -0.3 is 15.4 Å². The van der Waals surface area contributed by atoms with Gasteiger partial charge in [0.15, 0.2) is 5.11 Å². The molecule has 2 aromatic rings. The molecule has 0 spiro atoms. The van der Waals surface area contributed by atoms with E-state index in [1.807, 2.05) is 19.1 Å². The number of benzene rings is 1. The number of carbonyl (C=O) groups excluding carboxylic acids is 1. The average molecular weight is 502 g/mol. The lowest BCUT2D eigenvalue weighted by Crippen LogP contribution is -2.20. The molecule has 0 saturated heterocycles. The molecule has 0 radical (unpaired) electrons. The number of halogens is 2. The van der Waals surface area contributed by atoms with Crippen LogP contribution in [0.1, 0.15) is 53.4 Å². The highest BCUT2D eigenvalue weighted by Crippen LogP contribution is 2.37. The monoisotopic (exact) mass is 500 g/mol. The largest absolute Gasteiger partial charge is 0.462 e. The lowest BCUT2D eigenvalue weighted by atomic mass is 9.96. The summed E-state index contributed by atoms with van der Waals surface area (Å²) in [5, 5.41) is 8.11. The molecular weight excluding hydrogens is 480 g/mol. The molecule has 4 nitrogen and oxygen atoms in total. The molecule has 0 atom stereocenters. The number of ether oxygens (including phenoxy) is 1. The molecule has 1 heterocycles. The molecule has 0 unspecified atom stereocenters. The quantitative estimate of drug-likeness (QED) is 0.356. The van der Waals surface area contributed by atoms with Gasteiger partial charge in [0.25, 0.3) is 0 Å². The first-order valence-corrected chi connectivity index (χ1v) is 11.7. The fraction of sp³-hybridized carbons (Fsp3) is 0.400. The van der Waals surface area contributed by atoms with Gasteiger partial charge in [-0.1, -0.05) is 24.4 Å². The summed E-state index contributed by atoms with van der Waals surface area (Å²) in [6, 6.07) is 5.53. The van der Waals surface area contributed by atoms with Crippen molar-refractivity contribution >= 4 is 72.9 Å². The van der Waals surface area contributed by atoms with Crippen LogP contribution in [0, 0.1) is 0 Å². The van der Waals surface area contributed by atoms with Gasteiger partial charge in [-0.2, -0.15) is 0 Å². The number of carbonyl (C=O) groups is 1. The fourth-order valence-electron chi connectivity index (χ4n) is 3.27. The van der Waals surface area contributed by atoms with Crippen LogP contribution in [-0.4, -0.2) is 17.7 Å². The number of fused-ring (bicyclic) bond motifs is 1. The molecule has 1 aromatic carbocycles. The van der Waals surface area contributed by atoms with Gasteiger partial charge in [0.05, 0.1) is 17.2 Å². The van der Waals surface area contributed by atoms with Crippen LogP contribution < -0.4 is 10.6 Å². The molecule has 1 aliphatic rings. The van der Waals surface area contributed by atoms with Gasteiger partial charge >= 0.3 is 5.97 Å². The van der Waals surface area contributed by atoms with Gasteiger partial charge in [0, 0.05) is 15.0 Å². The van der Waals surface area contributed by atoms with Crippen molar-refractivity contribution in [1.82, 2.24) is 0 Å². The zero-order chi connectivity index (χ0) is 20.1. The number of hydrogen-bond acceptors (Lipinski definition) is 4. The van der Waals surface area contributed by atoms with Crippen LogP contribution in [0.15, 0.2) is 22.7 Å². The number of thiocarbonyl (C=S) groups is 1. The van der Waals surface area contributed by atoms with Crippen LogP contribution >= 0.6 is 51.1 Å². The maximum absolute atomic E-state index is 12.7. The summed E-state index contributed by atoms with van der Waals surface area (Å²) >= 11 is 16.6. The molecule has 1 aromatic heterocycles. The predicted octanol–water partition coefficient (Wildman–Crippen LogP) is 6.81. The number of anilines is 2. The third-order valence-corrected chi connectivity index (χ3v) is 7.20. The predicted molar refractivity (Wildman–Crippen MR) is 125 cm³/mol. The van der Waals surface area contributed by atoms with Gasteiger partial charge in [-0.05, 0) is 84.5 Å². The highest BCUT2D eigenvalue weighted by atomic mass is 79.9. The fourth-order valence-corrected chi connectivity index (χ4v) is 5.26. The average Bonchev–Trinajstić information content (AvgIpc) is 2.94. The standard InChI is InChI=1S/C20H22BrClN2O2S2/c1-2-26-19(25)17-13-7-5-3-4-6-8-16(13)28-18(17)24-20(27)23-12-9-10-14(21)15(22)11-12/h9-11H,2-8H2,1H3,(H2,23,24,27). The van der Waals surface area contributed by atoms with E-state index in [1.165, 1.54) is 17.7 Å². The van der Waals surface area contributed by atoms with E-state index >= 15 is 0 Å². The Hall–Kier alpha value is -1.15. The lowest BCUT2D eigenvalue weighted by molar-refractivity contribution is 0.0526. The van der Waals surface area contributed by atoms with E-state index in [-0.39, 0.29) is 5.97 Å². The second-order valence-electron chi connectivity index (χ2n) is 6.55. The molecule has 0 fully saturated rings. The van der Waals surface area contributed by atoms with Gasteiger partial charge in [-0.15, -0.1) is 11.3 Å². The molecule has 1 aliphatic carbocycles. The third-order valence-electron chi connectivity index (χ3n) is 4.56. The second kappa shape index (κ2) is 10.1. The van der Waals surface area contributed by atoms with E-state index in [2.05, 4.69) is 26.6 Å². The summed E-state index contributed by atoms with van der Waals surface area (Å²) in [5.41, 5.74) is 2.54. The molecule has 28 heavy (non-hydrogen) atoms. The van der Waals surface area contributed by atoms with Crippen molar-refractivity contribution in [3.05, 3.63) is 43.7 Å². The van der Waals surface area contributed by atoms with Crippen LogP contribution in [0.3, 0.4) is 0 Å². The first-order chi connectivity index (χ1) is 13.5. The third kappa shape index (κ3) is 5.26. The molecule has 0 amide bonds. The maximum Gasteiger partial charge on any atom is 0.341 e. The molecule has 0 bridgehead atoms. The highest BCUT2D eigenvalue weighted by Gasteiger charge is 2.25. The Bertz CT molecular complexity index is 885. The number of hydrogen-bond donors (Lipinski definition) is 2. The SMILES string of the molecule is CCOC(=O)c1c(NC(=S)Nc2ccc(Br)c(Cl)c2)sc2c1CCCCCC2. The van der Waals surface area contributed by atoms with Crippen molar-refractivity contribution in [3.8, 4) is 0 Å². The lowest BCUT2D eigenvalue weighted by Gasteiger charge is -2.13. The van der Waals surface area contributed by atoms with E-state index in [4.69, 9.17) is 28.6 Å². The van der Waals surface area contributed by atoms with Crippen LogP contribution in [0.4, 0.5) is 10.7 Å². The first-order valence-electron chi connectivity index (χ1n) is 9.34. The van der Waals surface area contributed by atoms with E-state index < -0.39 is 0 Å². The Morgan fingerprint density at radius 2 is 2.00 bits per heavy atom. The van der Waals surface area contributed by atoms with Gasteiger partial charge in [0.1, 0.15) is 5.00 Å². The number of nitrogens with one attached hydrogen (secondary N) is 2. The first kappa shape index (κ1) is 21.6. The van der Waals surface area contributed by atoms with Gasteiger partial charge in [-0.25, -0.2) is 4.79 Å². The van der Waals surface area contributed by atoms with Gasteiger partial charge in [-0.3, -0.25) is 0 Å². The number of rotatable bonds is 4. The molecule has 3 rings (SSSR count). The molecule has 0 aliphatic heterocycles. The minimum atomic E-state index is -0.280. The van der Waals surface area contributed by atoms with Crippen molar-refractivity contribution in [1.29, 1.82) is 0 Å². The summed E-state index contributed by atoms with van der Waals surface area (Å²) in [7, 11) is 0. The Balaban J connectivity index is 1.84. The number of aryl methyl sites for hydroxylation is 1. The van der Waals surface area contributed by atoms with E-state index in [9.17, 15) is 4.79 Å². The summed E-state index contributed by atoms with van der Waals surface area (Å²) < 4.78 is 6.16. The normalized spacial score (nSPS) is 13.8. The Morgan fingerprint density at radius 1 is 1.25 bits per heavy atom. The minimum absolute atomic E-state index is 0.280. The van der Waals surface area contributed by atoms with E-state index in [1.54, 1.807) is 17.4 Å². The van der Waals surface area contributed by atoms with Crippen LogP contribution in [0.5, 0.6) is 0 Å². The molecular formula is C20H22BrClN2O2S2. The zero-order valence-corrected chi connectivity index (χ0v) is 19.5. The topological polar surface area (TPSA) is 50.4 Å². The second-order valence-corrected chi connectivity index (χ2v) is 9.33. The Kier molecular flexibility index (Phi) is 7.74. The Labute approximate surface area is 188 Å². The summed E-state index contributed by atoms with van der Waals surface area (Å²) in [5.74, 6) is -0.280. The van der Waals surface area contributed by atoms with Crippen LogP contribution in [0.2, 0.25) is 5.02 Å². The smallest absolute Gasteiger partial charge is 0.341 e. The highest BCUT2D eigenvalue weighted by molar-refractivity contribution is 9.10. The minimum Gasteiger partial charge on any atom is -0.462 e.